The second kappa shape index (κ2) is 4.82. The van der Waals surface area contributed by atoms with Crippen LogP contribution in [0.1, 0.15) is 13.3 Å². The topological polar surface area (TPSA) is 46.6 Å². The van der Waals surface area contributed by atoms with Gasteiger partial charge in [-0.3, -0.25) is 9.59 Å². The molecule has 1 aromatic rings. The van der Waals surface area contributed by atoms with E-state index in [0.29, 0.717) is 18.0 Å². The van der Waals surface area contributed by atoms with Crippen molar-refractivity contribution in [1.29, 1.82) is 0 Å². The van der Waals surface area contributed by atoms with Gasteiger partial charge in [0.1, 0.15) is 5.75 Å². The number of rotatable bonds is 4. The minimum Gasteiger partial charge on any atom is -0.491 e. The summed E-state index contributed by atoms with van der Waals surface area (Å²) >= 11 is 0. The molecule has 1 aromatic carbocycles. The van der Waals surface area contributed by atoms with Gasteiger partial charge in [-0.1, -0.05) is 19.1 Å². The van der Waals surface area contributed by atoms with Crippen LogP contribution in [0.25, 0.3) is 0 Å². The Morgan fingerprint density at radius 3 is 2.41 bits per heavy atom. The number of para-hydroxylation sites is 2. The second-order valence-corrected chi connectivity index (χ2v) is 3.66. The van der Waals surface area contributed by atoms with Crippen LogP contribution in [-0.4, -0.2) is 18.4 Å². The first kappa shape index (κ1) is 11.4. The zero-order chi connectivity index (χ0) is 12.3. The third kappa shape index (κ3) is 2.20. The number of amides is 2. The van der Waals surface area contributed by atoms with Crippen LogP contribution in [0.3, 0.4) is 0 Å². The van der Waals surface area contributed by atoms with Crippen molar-refractivity contribution < 1.29 is 14.3 Å². The van der Waals surface area contributed by atoms with E-state index in [1.54, 1.807) is 18.2 Å². The van der Waals surface area contributed by atoms with Crippen molar-refractivity contribution in [2.75, 3.05) is 11.5 Å². The lowest BCUT2D eigenvalue weighted by Gasteiger charge is -2.17. The van der Waals surface area contributed by atoms with E-state index in [1.807, 2.05) is 13.0 Å². The Labute approximate surface area is 99.5 Å². The van der Waals surface area contributed by atoms with Crippen molar-refractivity contribution in [1.82, 2.24) is 0 Å². The van der Waals surface area contributed by atoms with Crippen molar-refractivity contribution in [3.63, 3.8) is 0 Å². The summed E-state index contributed by atoms with van der Waals surface area (Å²) in [5.74, 6) is -0.107. The number of hydrogen-bond donors (Lipinski definition) is 0. The van der Waals surface area contributed by atoms with E-state index in [-0.39, 0.29) is 11.8 Å². The number of carbonyl (C=O) groups is 2. The quantitative estimate of drug-likeness (QED) is 0.743. The molecule has 4 heteroatoms. The third-order valence-corrected chi connectivity index (χ3v) is 2.38. The number of imide groups is 1. The van der Waals surface area contributed by atoms with E-state index in [9.17, 15) is 9.59 Å². The number of hydrogen-bond acceptors (Lipinski definition) is 3. The van der Waals surface area contributed by atoms with Crippen LogP contribution >= 0.6 is 0 Å². The van der Waals surface area contributed by atoms with E-state index in [1.165, 1.54) is 12.2 Å². The van der Waals surface area contributed by atoms with Crippen molar-refractivity contribution in [2.45, 2.75) is 13.3 Å². The lowest BCUT2D eigenvalue weighted by atomic mass is 10.2. The molecule has 0 aliphatic carbocycles. The predicted molar refractivity (Wildman–Crippen MR) is 63.9 cm³/mol. The SMILES string of the molecule is CCCOc1ccccc1N1C(=O)C=CC1=O. The van der Waals surface area contributed by atoms with Gasteiger partial charge >= 0.3 is 0 Å². The van der Waals surface area contributed by atoms with Gasteiger partial charge in [0, 0.05) is 12.2 Å². The Kier molecular flexibility index (Phi) is 3.23. The molecule has 2 amide bonds. The summed E-state index contributed by atoms with van der Waals surface area (Å²) in [6.07, 6.45) is 3.40. The fourth-order valence-corrected chi connectivity index (χ4v) is 1.61. The number of anilines is 1. The van der Waals surface area contributed by atoms with Crippen molar-refractivity contribution in [3.05, 3.63) is 36.4 Å². The van der Waals surface area contributed by atoms with Crippen molar-refractivity contribution in [3.8, 4) is 5.75 Å². The molecule has 1 aliphatic heterocycles. The summed E-state index contributed by atoms with van der Waals surface area (Å²) in [5, 5.41) is 0. The molecular weight excluding hydrogens is 218 g/mol. The van der Waals surface area contributed by atoms with Crippen molar-refractivity contribution in [2.24, 2.45) is 0 Å². The summed E-state index contributed by atoms with van der Waals surface area (Å²) in [5.41, 5.74) is 0.501. The highest BCUT2D eigenvalue weighted by molar-refractivity contribution is 6.28. The van der Waals surface area contributed by atoms with Crippen LogP contribution in [0, 0.1) is 0 Å². The number of nitrogens with zero attached hydrogens (tertiary/aromatic N) is 1. The molecule has 17 heavy (non-hydrogen) atoms. The lowest BCUT2D eigenvalue weighted by Crippen LogP contribution is -2.30. The molecule has 88 valence electrons. The fourth-order valence-electron chi connectivity index (χ4n) is 1.61. The number of ether oxygens (including phenoxy) is 1. The van der Waals surface area contributed by atoms with Gasteiger partial charge in [-0.15, -0.1) is 0 Å². The minimum absolute atomic E-state index is 0.331. The molecule has 0 atom stereocenters. The summed E-state index contributed by atoms with van der Waals surface area (Å²) in [6.45, 7) is 2.55. The monoisotopic (exact) mass is 231 g/mol. The Bertz CT molecular complexity index is 461. The van der Waals surface area contributed by atoms with Crippen LogP contribution in [0.15, 0.2) is 36.4 Å². The zero-order valence-corrected chi connectivity index (χ0v) is 9.55. The minimum atomic E-state index is -0.331. The second-order valence-electron chi connectivity index (χ2n) is 3.66. The van der Waals surface area contributed by atoms with Crippen LogP contribution in [-0.2, 0) is 9.59 Å². The summed E-state index contributed by atoms with van der Waals surface area (Å²) < 4.78 is 5.52. The molecule has 0 saturated carbocycles. The maximum atomic E-state index is 11.6. The van der Waals surface area contributed by atoms with Crippen LogP contribution in [0.2, 0.25) is 0 Å². The average Bonchev–Trinajstić information content (AvgIpc) is 2.67. The van der Waals surface area contributed by atoms with Gasteiger partial charge in [-0.25, -0.2) is 4.90 Å². The molecule has 0 radical (unpaired) electrons. The van der Waals surface area contributed by atoms with Gasteiger partial charge in [0.2, 0.25) is 0 Å². The highest BCUT2D eigenvalue weighted by Crippen LogP contribution is 2.30. The summed E-state index contributed by atoms with van der Waals surface area (Å²) in [7, 11) is 0. The highest BCUT2D eigenvalue weighted by Gasteiger charge is 2.27. The van der Waals surface area contributed by atoms with Crippen LogP contribution in [0.4, 0.5) is 5.69 Å². The van der Waals surface area contributed by atoms with Crippen LogP contribution in [0.5, 0.6) is 5.75 Å². The fraction of sp³-hybridized carbons (Fsp3) is 0.231. The molecule has 2 rings (SSSR count). The van der Waals surface area contributed by atoms with Crippen molar-refractivity contribution >= 4 is 17.5 Å². The molecule has 0 aromatic heterocycles. The normalized spacial score (nSPS) is 14.5. The van der Waals surface area contributed by atoms with Gasteiger partial charge in [-0.2, -0.15) is 0 Å². The van der Waals surface area contributed by atoms with E-state index in [0.717, 1.165) is 11.3 Å². The summed E-state index contributed by atoms with van der Waals surface area (Å²) in [4.78, 5) is 24.3. The van der Waals surface area contributed by atoms with E-state index in [2.05, 4.69) is 0 Å². The van der Waals surface area contributed by atoms with Gasteiger partial charge in [-0.05, 0) is 18.6 Å². The Morgan fingerprint density at radius 2 is 1.76 bits per heavy atom. The first-order valence-corrected chi connectivity index (χ1v) is 5.52. The molecule has 0 bridgehead atoms. The maximum absolute atomic E-state index is 11.6. The first-order chi connectivity index (χ1) is 8.24. The lowest BCUT2D eigenvalue weighted by molar-refractivity contribution is -0.120. The van der Waals surface area contributed by atoms with Gasteiger partial charge in [0.15, 0.2) is 0 Å². The maximum Gasteiger partial charge on any atom is 0.258 e. The number of benzene rings is 1. The molecule has 1 aliphatic rings. The largest absolute Gasteiger partial charge is 0.491 e. The standard InChI is InChI=1S/C13H13NO3/c1-2-9-17-11-6-4-3-5-10(11)14-12(15)7-8-13(14)16/h3-8H,2,9H2,1H3. The molecule has 0 saturated heterocycles. The molecular formula is C13H13NO3. The number of carbonyl (C=O) groups excluding carboxylic acids is 2. The molecule has 0 fully saturated rings. The third-order valence-electron chi connectivity index (χ3n) is 2.38. The molecule has 4 nitrogen and oxygen atoms in total. The van der Waals surface area contributed by atoms with Crippen LogP contribution < -0.4 is 9.64 Å². The van der Waals surface area contributed by atoms with Gasteiger partial charge < -0.3 is 4.74 Å². The van der Waals surface area contributed by atoms with E-state index < -0.39 is 0 Å². The van der Waals surface area contributed by atoms with Gasteiger partial charge in [0.25, 0.3) is 11.8 Å². The Morgan fingerprint density at radius 1 is 1.12 bits per heavy atom. The Hall–Kier alpha value is -2.10. The average molecular weight is 231 g/mol. The predicted octanol–water partition coefficient (Wildman–Crippen LogP) is 1.90. The van der Waals surface area contributed by atoms with E-state index in [4.69, 9.17) is 4.74 Å². The molecule has 1 heterocycles. The molecule has 0 spiro atoms. The smallest absolute Gasteiger partial charge is 0.258 e. The molecule has 0 unspecified atom stereocenters. The highest BCUT2D eigenvalue weighted by atomic mass is 16.5. The first-order valence-electron chi connectivity index (χ1n) is 5.52. The van der Waals surface area contributed by atoms with E-state index >= 15 is 0 Å². The van der Waals surface area contributed by atoms with Gasteiger partial charge in [0.05, 0.1) is 12.3 Å². The zero-order valence-electron chi connectivity index (χ0n) is 9.55. The molecule has 0 N–H and O–H groups in total. The summed E-state index contributed by atoms with van der Waals surface area (Å²) in [6, 6.07) is 7.04. The Balaban J connectivity index is 2.31.